The second-order valence-corrected chi connectivity index (χ2v) is 8.94. The topological polar surface area (TPSA) is 81.8 Å². The summed E-state index contributed by atoms with van der Waals surface area (Å²) in [5.74, 6) is 0. The highest BCUT2D eigenvalue weighted by Gasteiger charge is 2.37. The van der Waals surface area contributed by atoms with E-state index in [1.54, 1.807) is 0 Å². The van der Waals surface area contributed by atoms with Crippen LogP contribution in [0.3, 0.4) is 0 Å². The number of pyridine rings is 1. The van der Waals surface area contributed by atoms with Gasteiger partial charge in [-0.2, -0.15) is 13.2 Å². The van der Waals surface area contributed by atoms with E-state index in [-0.39, 0.29) is 31.1 Å². The van der Waals surface area contributed by atoms with Crippen molar-refractivity contribution in [1.29, 1.82) is 0 Å². The Hall–Kier alpha value is -2.07. The van der Waals surface area contributed by atoms with E-state index in [1.165, 1.54) is 18.7 Å². The summed E-state index contributed by atoms with van der Waals surface area (Å²) >= 11 is 0.972. The fourth-order valence-electron chi connectivity index (χ4n) is 2.79. The molecule has 1 aliphatic rings. The molecule has 5 nitrogen and oxygen atoms in total. The maximum atomic E-state index is 13.7. The third kappa shape index (κ3) is 2.86. The quantitative estimate of drug-likeness (QED) is 0.721. The fourth-order valence-corrected chi connectivity index (χ4v) is 6.00. The van der Waals surface area contributed by atoms with Crippen LogP contribution in [0.4, 0.5) is 18.9 Å². The molecule has 1 atom stereocenters. The molecule has 4 rings (SSSR count). The van der Waals surface area contributed by atoms with Crippen LogP contribution in [0.15, 0.2) is 29.0 Å². The minimum Gasteiger partial charge on any atom is -0.396 e. The second kappa shape index (κ2) is 6.27. The third-order valence-electron chi connectivity index (χ3n) is 4.36. The molecule has 0 radical (unpaired) electrons. The van der Waals surface area contributed by atoms with Crippen LogP contribution in [0, 0.1) is 0 Å². The molecular weight excluding hydrogens is 385 g/mol. The number of aromatic nitrogens is 3. The van der Waals surface area contributed by atoms with Crippen LogP contribution in [0.5, 0.6) is 0 Å². The van der Waals surface area contributed by atoms with E-state index in [9.17, 15) is 17.4 Å². The largest absolute Gasteiger partial charge is 0.417 e. The average molecular weight is 398 g/mol. The van der Waals surface area contributed by atoms with E-state index >= 15 is 0 Å². The lowest BCUT2D eigenvalue weighted by atomic mass is 10.0. The highest BCUT2D eigenvalue weighted by atomic mass is 32.2. The number of hydrogen-bond acceptors (Lipinski definition) is 6. The van der Waals surface area contributed by atoms with Gasteiger partial charge in [0.1, 0.15) is 15.4 Å². The van der Waals surface area contributed by atoms with Gasteiger partial charge < -0.3 is 5.73 Å². The molecule has 3 aromatic rings. The first kappa shape index (κ1) is 17.3. The molecule has 1 fully saturated rings. The number of halogens is 3. The minimum atomic E-state index is -4.62. The number of nitrogens with two attached hydrogens (primary N) is 1. The molecule has 0 bridgehead atoms. The normalized spacial score (nSPS) is 16.6. The Morgan fingerprint density at radius 3 is 2.50 bits per heavy atom. The van der Waals surface area contributed by atoms with Gasteiger partial charge in [0.15, 0.2) is 0 Å². The summed E-state index contributed by atoms with van der Waals surface area (Å²) in [4.78, 5) is 12.1. The zero-order valence-electron chi connectivity index (χ0n) is 13.3. The number of alkyl halides is 3. The summed E-state index contributed by atoms with van der Waals surface area (Å²) in [6.45, 7) is 0. The molecule has 26 heavy (non-hydrogen) atoms. The molecule has 0 amide bonds. The highest BCUT2D eigenvalue weighted by molar-refractivity contribution is 7.88. The SMILES string of the molecule is Nc1c(S(=O)C2CCC2)sc2nc(-c3cncnc3)cc(C(F)(F)F)c12. The standard InChI is InChI=1S/C16H13F3N4OS2/c17-16(18,19)10-4-11(8-5-21-7-22-6-8)23-14-12(10)13(20)15(25-14)26(24)9-2-1-3-9/h4-7,9H,1-3,20H2. The lowest BCUT2D eigenvalue weighted by molar-refractivity contribution is -0.136. The predicted octanol–water partition coefficient (Wildman–Crippen LogP) is 4.01. The van der Waals surface area contributed by atoms with E-state index in [2.05, 4.69) is 15.0 Å². The Kier molecular flexibility index (Phi) is 4.19. The summed E-state index contributed by atoms with van der Waals surface area (Å²) in [7, 11) is -1.41. The van der Waals surface area contributed by atoms with Crippen molar-refractivity contribution in [3.8, 4) is 11.3 Å². The Bertz CT molecular complexity index is 1000. The Labute approximate surface area is 152 Å². The molecule has 1 saturated carbocycles. The number of nitrogen functional groups attached to an aromatic ring is 1. The molecule has 0 spiro atoms. The van der Waals surface area contributed by atoms with Gasteiger partial charge in [0, 0.05) is 28.6 Å². The van der Waals surface area contributed by atoms with E-state index in [0.717, 1.165) is 36.7 Å². The highest BCUT2D eigenvalue weighted by Crippen LogP contribution is 2.45. The van der Waals surface area contributed by atoms with Crippen molar-refractivity contribution in [3.05, 3.63) is 30.4 Å². The van der Waals surface area contributed by atoms with Gasteiger partial charge in [-0.15, -0.1) is 11.3 Å². The van der Waals surface area contributed by atoms with Gasteiger partial charge >= 0.3 is 6.18 Å². The van der Waals surface area contributed by atoms with Crippen molar-refractivity contribution in [3.63, 3.8) is 0 Å². The molecule has 3 heterocycles. The number of rotatable bonds is 3. The van der Waals surface area contributed by atoms with E-state index in [1.807, 2.05) is 0 Å². The van der Waals surface area contributed by atoms with Crippen molar-refractivity contribution in [2.45, 2.75) is 34.9 Å². The van der Waals surface area contributed by atoms with E-state index < -0.39 is 22.5 Å². The van der Waals surface area contributed by atoms with Gasteiger partial charge in [-0.25, -0.2) is 15.0 Å². The maximum absolute atomic E-state index is 13.7. The Morgan fingerprint density at radius 1 is 1.23 bits per heavy atom. The molecule has 10 heteroatoms. The van der Waals surface area contributed by atoms with Gasteiger partial charge in [0.2, 0.25) is 0 Å². The van der Waals surface area contributed by atoms with Crippen molar-refractivity contribution in [2.75, 3.05) is 5.73 Å². The Morgan fingerprint density at radius 2 is 1.92 bits per heavy atom. The number of hydrogen-bond donors (Lipinski definition) is 1. The summed E-state index contributed by atoms with van der Waals surface area (Å²) < 4.78 is 53.9. The first-order chi connectivity index (χ1) is 12.4. The van der Waals surface area contributed by atoms with Crippen molar-refractivity contribution < 1.29 is 17.4 Å². The van der Waals surface area contributed by atoms with Crippen LogP contribution >= 0.6 is 11.3 Å². The number of fused-ring (bicyclic) bond motifs is 1. The summed E-state index contributed by atoms with van der Waals surface area (Å²) in [5, 5.41) is -0.215. The third-order valence-corrected chi connectivity index (χ3v) is 7.66. The molecular formula is C16H13F3N4OS2. The lowest BCUT2D eigenvalue weighted by Gasteiger charge is -2.23. The van der Waals surface area contributed by atoms with Crippen molar-refractivity contribution in [2.24, 2.45) is 0 Å². The number of anilines is 1. The lowest BCUT2D eigenvalue weighted by Crippen LogP contribution is -2.23. The molecule has 0 saturated heterocycles. The molecule has 2 N–H and O–H groups in total. The summed E-state index contributed by atoms with van der Waals surface area (Å²) in [6.07, 6.45) is 2.04. The second-order valence-electron chi connectivity index (χ2n) is 6.01. The van der Waals surface area contributed by atoms with Crippen LogP contribution in [-0.4, -0.2) is 24.4 Å². The van der Waals surface area contributed by atoms with Crippen LogP contribution < -0.4 is 5.73 Å². The zero-order chi connectivity index (χ0) is 18.5. The molecule has 1 aliphatic carbocycles. The smallest absolute Gasteiger partial charge is 0.396 e. The summed E-state index contributed by atoms with van der Waals surface area (Å²) in [5.41, 5.74) is 5.51. The first-order valence-corrected chi connectivity index (χ1v) is 9.85. The number of nitrogens with zero attached hydrogens (tertiary/aromatic N) is 3. The number of thiophene rings is 1. The molecule has 0 aliphatic heterocycles. The molecule has 136 valence electrons. The van der Waals surface area contributed by atoms with Crippen molar-refractivity contribution >= 4 is 38.0 Å². The van der Waals surface area contributed by atoms with Gasteiger partial charge in [-0.05, 0) is 18.9 Å². The monoisotopic (exact) mass is 398 g/mol. The van der Waals surface area contributed by atoms with Crippen LogP contribution in [0.2, 0.25) is 0 Å². The molecule has 0 aromatic carbocycles. The van der Waals surface area contributed by atoms with Gasteiger partial charge in [0.05, 0.1) is 27.7 Å². The average Bonchev–Trinajstić information content (AvgIpc) is 2.89. The van der Waals surface area contributed by atoms with E-state index in [4.69, 9.17) is 5.73 Å². The fraction of sp³-hybridized carbons (Fsp3) is 0.312. The van der Waals surface area contributed by atoms with Crippen molar-refractivity contribution in [1.82, 2.24) is 15.0 Å². The predicted molar refractivity (Wildman–Crippen MR) is 94.1 cm³/mol. The maximum Gasteiger partial charge on any atom is 0.417 e. The van der Waals surface area contributed by atoms with Gasteiger partial charge in [-0.1, -0.05) is 6.42 Å². The van der Waals surface area contributed by atoms with Crippen LogP contribution in [0.25, 0.3) is 21.5 Å². The Balaban J connectivity index is 1.95. The van der Waals surface area contributed by atoms with E-state index in [0.29, 0.717) is 5.56 Å². The van der Waals surface area contributed by atoms with Gasteiger partial charge in [0.25, 0.3) is 0 Å². The summed E-state index contributed by atoms with van der Waals surface area (Å²) in [6, 6.07) is 0.945. The van der Waals surface area contributed by atoms with Crippen LogP contribution in [0.1, 0.15) is 24.8 Å². The van der Waals surface area contributed by atoms with Crippen LogP contribution in [-0.2, 0) is 17.0 Å². The van der Waals surface area contributed by atoms with Gasteiger partial charge in [-0.3, -0.25) is 4.21 Å². The molecule has 3 aromatic heterocycles. The first-order valence-electron chi connectivity index (χ1n) is 7.82. The molecule has 1 unspecified atom stereocenters. The zero-order valence-corrected chi connectivity index (χ0v) is 14.9. The minimum absolute atomic E-state index is 0.0401.